The van der Waals surface area contributed by atoms with Crippen molar-refractivity contribution in [2.45, 2.75) is 39.3 Å². The molecule has 1 aromatic carbocycles. The van der Waals surface area contributed by atoms with Crippen LogP contribution in [-0.2, 0) is 19.9 Å². The van der Waals surface area contributed by atoms with Crippen molar-refractivity contribution in [1.82, 2.24) is 19.1 Å². The summed E-state index contributed by atoms with van der Waals surface area (Å²) in [5.41, 5.74) is 1.80. The number of carbonyl (C=O) groups excluding carboxylic acids is 2. The van der Waals surface area contributed by atoms with Crippen LogP contribution in [0.15, 0.2) is 36.5 Å². The van der Waals surface area contributed by atoms with Gasteiger partial charge in [-0.25, -0.2) is 4.31 Å². The highest BCUT2D eigenvalue weighted by Crippen LogP contribution is 2.35. The number of rotatable bonds is 6. The van der Waals surface area contributed by atoms with Crippen LogP contribution in [-0.4, -0.2) is 82.1 Å². The van der Waals surface area contributed by atoms with Gasteiger partial charge in [-0.2, -0.15) is 8.42 Å². The molecule has 0 bridgehead atoms. The molecule has 2 aliphatic rings. The van der Waals surface area contributed by atoms with Crippen LogP contribution < -0.4 is 0 Å². The van der Waals surface area contributed by atoms with Gasteiger partial charge >= 0.3 is 10.3 Å². The molecule has 32 heavy (non-hydrogen) atoms. The van der Waals surface area contributed by atoms with Crippen molar-refractivity contribution in [2.24, 2.45) is 0 Å². The van der Waals surface area contributed by atoms with Crippen molar-refractivity contribution in [1.29, 1.82) is 0 Å². The van der Waals surface area contributed by atoms with Crippen molar-refractivity contribution in [3.8, 4) is 0 Å². The first kappa shape index (κ1) is 24.0. The molecule has 10 heteroatoms. The molecule has 2 fully saturated rings. The number of aromatic amines is 1. The SMILES string of the molecule is CCN(CC)CC.O=C(C=Cc1c[nH]c2ccccc12)N1CC[C@@H]2[C@H]1C(=O)N2S(=O)(=O)O. The van der Waals surface area contributed by atoms with Crippen LogP contribution >= 0.6 is 0 Å². The molecule has 2 saturated heterocycles. The quantitative estimate of drug-likeness (QED) is 0.386. The number of nitrogens with one attached hydrogen (secondary N) is 1. The van der Waals surface area contributed by atoms with Gasteiger partial charge in [0, 0.05) is 29.7 Å². The lowest BCUT2D eigenvalue weighted by atomic mass is 10.0. The fourth-order valence-corrected chi connectivity index (χ4v) is 5.12. The summed E-state index contributed by atoms with van der Waals surface area (Å²) >= 11 is 0. The normalized spacial score (nSPS) is 20.5. The van der Waals surface area contributed by atoms with E-state index in [9.17, 15) is 18.0 Å². The first-order valence-electron chi connectivity index (χ1n) is 10.8. The third-order valence-electron chi connectivity index (χ3n) is 6.04. The molecule has 9 nitrogen and oxygen atoms in total. The Morgan fingerprint density at radius 1 is 1.22 bits per heavy atom. The van der Waals surface area contributed by atoms with Crippen LogP contribution in [0.1, 0.15) is 32.8 Å². The third-order valence-corrected chi connectivity index (χ3v) is 6.99. The average molecular weight is 463 g/mol. The number of para-hydroxylation sites is 1. The highest BCUT2D eigenvalue weighted by atomic mass is 32.2. The Labute approximate surface area is 188 Å². The molecule has 2 amide bonds. The molecular formula is C22H30N4O5S. The molecule has 0 radical (unpaired) electrons. The first-order valence-corrected chi connectivity index (χ1v) is 12.2. The van der Waals surface area contributed by atoms with Crippen molar-refractivity contribution < 1.29 is 22.6 Å². The predicted molar refractivity (Wildman–Crippen MR) is 123 cm³/mol. The van der Waals surface area contributed by atoms with Gasteiger partial charge < -0.3 is 14.8 Å². The third kappa shape index (κ3) is 4.72. The predicted octanol–water partition coefficient (Wildman–Crippen LogP) is 2.14. The maximum Gasteiger partial charge on any atom is 0.362 e. The van der Waals surface area contributed by atoms with E-state index >= 15 is 0 Å². The maximum absolute atomic E-state index is 12.4. The summed E-state index contributed by atoms with van der Waals surface area (Å²) in [5, 5.41) is 0.975. The Morgan fingerprint density at radius 2 is 1.88 bits per heavy atom. The van der Waals surface area contributed by atoms with E-state index in [2.05, 4.69) is 30.7 Å². The van der Waals surface area contributed by atoms with Gasteiger partial charge in [-0.3, -0.25) is 14.1 Å². The molecule has 174 valence electrons. The topological polar surface area (TPSA) is 114 Å². The lowest BCUT2D eigenvalue weighted by Gasteiger charge is -2.42. The second kappa shape index (κ2) is 9.85. The Hall–Kier alpha value is -2.69. The number of H-pyrrole nitrogens is 1. The Balaban J connectivity index is 0.000000360. The summed E-state index contributed by atoms with van der Waals surface area (Å²) < 4.78 is 31.9. The molecule has 2 aromatic rings. The van der Waals surface area contributed by atoms with Crippen LogP contribution in [0.25, 0.3) is 17.0 Å². The van der Waals surface area contributed by atoms with Crippen molar-refractivity contribution in [3.63, 3.8) is 0 Å². The zero-order chi connectivity index (χ0) is 23.5. The van der Waals surface area contributed by atoms with Gasteiger partial charge in [0.1, 0.15) is 6.04 Å². The summed E-state index contributed by atoms with van der Waals surface area (Å²) in [6.07, 6.45) is 5.15. The van der Waals surface area contributed by atoms with E-state index in [1.54, 1.807) is 12.3 Å². The lowest BCUT2D eigenvalue weighted by Crippen LogP contribution is -2.68. The number of nitrogens with zero attached hydrogens (tertiary/aromatic N) is 3. The maximum atomic E-state index is 12.4. The minimum Gasteiger partial charge on any atom is -0.361 e. The summed E-state index contributed by atoms with van der Waals surface area (Å²) in [5.74, 6) is -1.13. The molecular weight excluding hydrogens is 432 g/mol. The molecule has 0 spiro atoms. The van der Waals surface area contributed by atoms with Crippen LogP contribution in [0.4, 0.5) is 0 Å². The van der Waals surface area contributed by atoms with E-state index in [0.29, 0.717) is 10.7 Å². The molecule has 0 saturated carbocycles. The van der Waals surface area contributed by atoms with Gasteiger partial charge in [0.2, 0.25) is 5.91 Å². The molecule has 1 aromatic heterocycles. The monoisotopic (exact) mass is 462 g/mol. The number of β-lactam (4-membered cyclic amide) rings is 1. The van der Waals surface area contributed by atoms with Crippen molar-refractivity contribution in [2.75, 3.05) is 26.2 Å². The van der Waals surface area contributed by atoms with Crippen molar-refractivity contribution in [3.05, 3.63) is 42.1 Å². The van der Waals surface area contributed by atoms with E-state index in [0.717, 1.165) is 16.5 Å². The Bertz CT molecular complexity index is 1100. The van der Waals surface area contributed by atoms with Gasteiger partial charge in [-0.1, -0.05) is 39.0 Å². The zero-order valence-electron chi connectivity index (χ0n) is 18.6. The van der Waals surface area contributed by atoms with Gasteiger partial charge in [0.25, 0.3) is 5.91 Å². The standard InChI is InChI=1S/C16H15N3O5S.C6H15N/c20-14(6-5-10-9-17-12-4-2-1-3-11(10)12)18-8-7-13-15(18)16(21)19(13)25(22,23)24;1-4-7(5-2)6-3/h1-6,9,13,15,17H,7-8H2,(H,22,23,24);4-6H2,1-3H3/t13-,15+;/m1./s1. The minimum atomic E-state index is -4.57. The average Bonchev–Trinajstić information content (AvgIpc) is 3.34. The number of aromatic nitrogens is 1. The van der Waals surface area contributed by atoms with Gasteiger partial charge in [-0.05, 0) is 43.8 Å². The first-order chi connectivity index (χ1) is 15.2. The van der Waals surface area contributed by atoms with Crippen LogP contribution in [0.5, 0.6) is 0 Å². The molecule has 4 rings (SSSR count). The number of carbonyl (C=O) groups is 2. The molecule has 2 N–H and O–H groups in total. The van der Waals surface area contributed by atoms with E-state index < -0.39 is 28.3 Å². The van der Waals surface area contributed by atoms with Gasteiger partial charge in [0.15, 0.2) is 0 Å². The molecule has 0 unspecified atom stereocenters. The Kier molecular flexibility index (Phi) is 7.37. The van der Waals surface area contributed by atoms with E-state index in [1.165, 1.54) is 30.6 Å². The molecule has 0 aliphatic carbocycles. The summed E-state index contributed by atoms with van der Waals surface area (Å²) in [7, 11) is -4.57. The number of amides is 2. The van der Waals surface area contributed by atoms with E-state index in [4.69, 9.17) is 4.55 Å². The second-order valence-electron chi connectivity index (χ2n) is 7.69. The highest BCUT2D eigenvalue weighted by Gasteiger charge is 2.59. The zero-order valence-corrected chi connectivity index (χ0v) is 19.4. The molecule has 2 aliphatic heterocycles. The van der Waals surface area contributed by atoms with Gasteiger partial charge in [0.05, 0.1) is 6.04 Å². The number of likely N-dealkylation sites (tertiary alicyclic amines) is 1. The van der Waals surface area contributed by atoms with Crippen LogP contribution in [0, 0.1) is 0 Å². The van der Waals surface area contributed by atoms with E-state index in [-0.39, 0.29) is 12.5 Å². The number of hydrogen-bond donors (Lipinski definition) is 2. The molecule has 2 atom stereocenters. The number of fused-ring (bicyclic) bond motifs is 2. The van der Waals surface area contributed by atoms with Gasteiger partial charge in [-0.15, -0.1) is 0 Å². The van der Waals surface area contributed by atoms with Crippen LogP contribution in [0.2, 0.25) is 0 Å². The highest BCUT2D eigenvalue weighted by molar-refractivity contribution is 7.84. The lowest BCUT2D eigenvalue weighted by molar-refractivity contribution is -0.149. The smallest absolute Gasteiger partial charge is 0.361 e. The van der Waals surface area contributed by atoms with Crippen molar-refractivity contribution >= 4 is 39.1 Å². The largest absolute Gasteiger partial charge is 0.362 e. The van der Waals surface area contributed by atoms with Crippen LogP contribution in [0.3, 0.4) is 0 Å². The summed E-state index contributed by atoms with van der Waals surface area (Å²) in [6, 6.07) is 6.18. The second-order valence-corrected chi connectivity index (χ2v) is 8.98. The minimum absolute atomic E-state index is 0.268. The number of benzene rings is 1. The summed E-state index contributed by atoms with van der Waals surface area (Å²) in [4.78, 5) is 31.2. The van der Waals surface area contributed by atoms with E-state index in [1.807, 2.05) is 24.3 Å². The number of hydrogen-bond acceptors (Lipinski definition) is 5. The fourth-order valence-electron chi connectivity index (χ4n) is 4.22. The fraction of sp³-hybridized carbons (Fsp3) is 0.455. The summed E-state index contributed by atoms with van der Waals surface area (Å²) in [6.45, 7) is 10.4. The Morgan fingerprint density at radius 3 is 2.47 bits per heavy atom. The molecule has 3 heterocycles.